The molecular weight excluding hydrogens is 223 g/mol. The number of ketones is 1. The van der Waals surface area contributed by atoms with E-state index in [1.807, 2.05) is 0 Å². The first kappa shape index (κ1) is 11.2. The molecule has 0 spiro atoms. The van der Waals surface area contributed by atoms with Crippen molar-refractivity contribution in [3.8, 4) is 0 Å². The van der Waals surface area contributed by atoms with Gasteiger partial charge in [0.15, 0.2) is 5.76 Å². The number of hydrogen-bond donors (Lipinski definition) is 1. The van der Waals surface area contributed by atoms with E-state index in [0.29, 0.717) is 0 Å². The van der Waals surface area contributed by atoms with E-state index in [2.05, 4.69) is 5.32 Å². The molecule has 16 heavy (non-hydrogen) atoms. The van der Waals surface area contributed by atoms with Crippen LogP contribution in [0.2, 0.25) is 0 Å². The molecule has 1 atom stereocenters. The summed E-state index contributed by atoms with van der Waals surface area (Å²) >= 11 is 0. The third-order valence-corrected chi connectivity index (χ3v) is 2.88. The van der Waals surface area contributed by atoms with Crippen molar-refractivity contribution in [1.82, 2.24) is 5.32 Å². The van der Waals surface area contributed by atoms with E-state index in [0.717, 1.165) is 0 Å². The molecule has 88 valence electrons. The molecule has 1 aliphatic heterocycles. The number of carbonyl (C=O) groups is 1. The number of alkyl halides is 3. The highest BCUT2D eigenvalue weighted by molar-refractivity contribution is 5.99. The van der Waals surface area contributed by atoms with E-state index in [1.54, 1.807) is 0 Å². The number of hydrogen-bond acceptors (Lipinski definition) is 3. The van der Waals surface area contributed by atoms with Crippen LogP contribution in [-0.4, -0.2) is 25.0 Å². The molecule has 2 heterocycles. The van der Waals surface area contributed by atoms with Gasteiger partial charge in [0.1, 0.15) is 5.41 Å². The minimum atomic E-state index is -4.56. The second-order valence-electron chi connectivity index (χ2n) is 3.81. The van der Waals surface area contributed by atoms with Crippen LogP contribution in [0.3, 0.4) is 0 Å². The molecule has 2 rings (SSSR count). The van der Waals surface area contributed by atoms with Crippen molar-refractivity contribution >= 4 is 5.78 Å². The molecule has 1 N–H and O–H groups in total. The van der Waals surface area contributed by atoms with Crippen LogP contribution in [0.4, 0.5) is 13.2 Å². The van der Waals surface area contributed by atoms with Gasteiger partial charge in [-0.25, -0.2) is 0 Å². The first-order valence-corrected chi connectivity index (χ1v) is 4.83. The summed E-state index contributed by atoms with van der Waals surface area (Å²) in [7, 11) is 0. The highest BCUT2D eigenvalue weighted by Gasteiger charge is 2.61. The van der Waals surface area contributed by atoms with Crippen molar-refractivity contribution in [1.29, 1.82) is 0 Å². The zero-order chi connectivity index (χ0) is 11.8. The van der Waals surface area contributed by atoms with E-state index in [-0.39, 0.29) is 25.3 Å². The van der Waals surface area contributed by atoms with Crippen LogP contribution in [0.15, 0.2) is 22.8 Å². The Morgan fingerprint density at radius 2 is 2.25 bits per heavy atom. The Morgan fingerprint density at radius 1 is 1.50 bits per heavy atom. The third kappa shape index (κ3) is 1.53. The average molecular weight is 233 g/mol. The SMILES string of the molecule is O=C(c1ccco1)C1(C(F)(F)F)CCNC1. The molecule has 1 aliphatic rings. The molecule has 1 fully saturated rings. The Hall–Kier alpha value is -1.30. The number of carbonyl (C=O) groups excluding carboxylic acids is 1. The molecule has 0 aromatic carbocycles. The Labute approximate surface area is 89.6 Å². The van der Waals surface area contributed by atoms with Crippen LogP contribution in [0.1, 0.15) is 17.0 Å². The summed E-state index contributed by atoms with van der Waals surface area (Å²) in [5.74, 6) is -1.23. The number of furan rings is 1. The lowest BCUT2D eigenvalue weighted by atomic mass is 9.80. The van der Waals surface area contributed by atoms with Gasteiger partial charge in [-0.3, -0.25) is 4.79 Å². The summed E-state index contributed by atoms with van der Waals surface area (Å²) in [5.41, 5.74) is -2.33. The van der Waals surface area contributed by atoms with Crippen LogP contribution >= 0.6 is 0 Å². The molecule has 3 nitrogen and oxygen atoms in total. The van der Waals surface area contributed by atoms with E-state index < -0.39 is 17.4 Å². The lowest BCUT2D eigenvalue weighted by molar-refractivity contribution is -0.197. The van der Waals surface area contributed by atoms with Gasteiger partial charge in [-0.05, 0) is 25.1 Å². The average Bonchev–Trinajstić information content (AvgIpc) is 2.88. The molecule has 0 aliphatic carbocycles. The predicted octanol–water partition coefficient (Wildman–Crippen LogP) is 2.00. The zero-order valence-corrected chi connectivity index (χ0v) is 8.30. The number of halogens is 3. The predicted molar refractivity (Wildman–Crippen MR) is 49.0 cm³/mol. The second kappa shape index (κ2) is 3.62. The summed E-state index contributed by atoms with van der Waals surface area (Å²) in [4.78, 5) is 11.8. The smallest absolute Gasteiger partial charge is 0.403 e. The fourth-order valence-corrected chi connectivity index (χ4v) is 1.90. The Morgan fingerprint density at radius 3 is 2.69 bits per heavy atom. The van der Waals surface area contributed by atoms with Gasteiger partial charge in [0.05, 0.1) is 6.26 Å². The maximum atomic E-state index is 13.0. The van der Waals surface area contributed by atoms with Crippen molar-refractivity contribution in [2.45, 2.75) is 12.6 Å². The summed E-state index contributed by atoms with van der Waals surface area (Å²) < 4.78 is 43.6. The molecule has 0 saturated carbocycles. The fraction of sp³-hybridized carbons (Fsp3) is 0.500. The van der Waals surface area contributed by atoms with Crippen molar-refractivity contribution in [3.63, 3.8) is 0 Å². The number of Topliss-reactive ketones (excluding diaryl/α,β-unsaturated/α-hetero) is 1. The third-order valence-electron chi connectivity index (χ3n) is 2.88. The lowest BCUT2D eigenvalue weighted by Gasteiger charge is -2.28. The van der Waals surface area contributed by atoms with E-state index in [4.69, 9.17) is 4.42 Å². The fourth-order valence-electron chi connectivity index (χ4n) is 1.90. The number of nitrogens with one attached hydrogen (secondary N) is 1. The Kier molecular flexibility index (Phi) is 2.53. The van der Waals surface area contributed by atoms with Gasteiger partial charge in [0, 0.05) is 6.54 Å². The Balaban J connectivity index is 2.38. The normalized spacial score (nSPS) is 25.9. The zero-order valence-electron chi connectivity index (χ0n) is 8.30. The van der Waals surface area contributed by atoms with Crippen LogP contribution in [0.5, 0.6) is 0 Å². The van der Waals surface area contributed by atoms with Crippen molar-refractivity contribution < 1.29 is 22.4 Å². The number of rotatable bonds is 2. The quantitative estimate of drug-likeness (QED) is 0.794. The summed E-state index contributed by atoms with van der Waals surface area (Å²) in [6, 6.07) is 2.66. The van der Waals surface area contributed by atoms with Crippen molar-refractivity contribution in [2.75, 3.05) is 13.1 Å². The first-order valence-electron chi connectivity index (χ1n) is 4.83. The lowest BCUT2D eigenvalue weighted by Crippen LogP contribution is -2.46. The highest BCUT2D eigenvalue weighted by atomic mass is 19.4. The van der Waals surface area contributed by atoms with Gasteiger partial charge in [-0.1, -0.05) is 0 Å². The van der Waals surface area contributed by atoms with Gasteiger partial charge in [0.2, 0.25) is 5.78 Å². The van der Waals surface area contributed by atoms with E-state index in [9.17, 15) is 18.0 Å². The van der Waals surface area contributed by atoms with Crippen LogP contribution in [0, 0.1) is 5.41 Å². The minimum absolute atomic E-state index is 0.186. The topological polar surface area (TPSA) is 42.2 Å². The van der Waals surface area contributed by atoms with Crippen molar-refractivity contribution in [3.05, 3.63) is 24.2 Å². The molecule has 1 saturated heterocycles. The van der Waals surface area contributed by atoms with Crippen LogP contribution in [0.25, 0.3) is 0 Å². The van der Waals surface area contributed by atoms with E-state index in [1.165, 1.54) is 18.4 Å². The highest BCUT2D eigenvalue weighted by Crippen LogP contribution is 2.45. The molecule has 0 bridgehead atoms. The molecule has 1 aromatic rings. The maximum Gasteiger partial charge on any atom is 0.403 e. The summed E-state index contributed by atoms with van der Waals surface area (Å²) in [6.07, 6.45) is -3.60. The Bertz CT molecular complexity index is 377. The van der Waals surface area contributed by atoms with Crippen LogP contribution < -0.4 is 5.32 Å². The van der Waals surface area contributed by atoms with Gasteiger partial charge < -0.3 is 9.73 Å². The molecule has 1 aromatic heterocycles. The monoisotopic (exact) mass is 233 g/mol. The largest absolute Gasteiger partial charge is 0.461 e. The second-order valence-corrected chi connectivity index (χ2v) is 3.81. The van der Waals surface area contributed by atoms with Gasteiger partial charge in [-0.2, -0.15) is 13.2 Å². The molecular formula is C10H10F3NO2. The first-order chi connectivity index (χ1) is 7.47. The van der Waals surface area contributed by atoms with Crippen molar-refractivity contribution in [2.24, 2.45) is 5.41 Å². The summed E-state index contributed by atoms with van der Waals surface area (Å²) in [5, 5.41) is 2.58. The molecule has 6 heteroatoms. The van der Waals surface area contributed by atoms with E-state index >= 15 is 0 Å². The minimum Gasteiger partial charge on any atom is -0.461 e. The van der Waals surface area contributed by atoms with Gasteiger partial charge in [0.25, 0.3) is 0 Å². The van der Waals surface area contributed by atoms with Gasteiger partial charge >= 0.3 is 6.18 Å². The molecule has 0 amide bonds. The molecule has 0 radical (unpaired) electrons. The molecule has 1 unspecified atom stereocenters. The maximum absolute atomic E-state index is 13.0. The standard InChI is InChI=1S/C10H10F3NO2/c11-10(12,13)9(3-4-14-6-9)8(15)7-2-1-5-16-7/h1-2,5,14H,3-4,6H2. The van der Waals surface area contributed by atoms with Gasteiger partial charge in [-0.15, -0.1) is 0 Å². The van der Waals surface area contributed by atoms with Crippen LogP contribution in [-0.2, 0) is 0 Å². The summed E-state index contributed by atoms with van der Waals surface area (Å²) in [6.45, 7) is -0.192.